The summed E-state index contributed by atoms with van der Waals surface area (Å²) in [4.78, 5) is 10.7. The van der Waals surface area contributed by atoms with E-state index in [-0.39, 0.29) is 0 Å². The average Bonchev–Trinajstić information content (AvgIpc) is 2.43. The minimum absolute atomic E-state index is 0.316. The van der Waals surface area contributed by atoms with Crippen molar-refractivity contribution in [1.82, 2.24) is 9.78 Å². The van der Waals surface area contributed by atoms with Gasteiger partial charge in [0.15, 0.2) is 0 Å². The van der Waals surface area contributed by atoms with E-state index in [2.05, 4.69) is 5.10 Å². The van der Waals surface area contributed by atoms with Crippen molar-refractivity contribution in [3.63, 3.8) is 0 Å². The Kier molecular flexibility index (Phi) is 3.36. The molecule has 4 nitrogen and oxygen atoms in total. The molecule has 13 heavy (non-hydrogen) atoms. The minimum atomic E-state index is -0.899. The van der Waals surface area contributed by atoms with Crippen LogP contribution in [0.15, 0.2) is 6.20 Å². The first-order chi connectivity index (χ1) is 6.16. The van der Waals surface area contributed by atoms with Gasteiger partial charge in [0, 0.05) is 7.05 Å². The van der Waals surface area contributed by atoms with Crippen molar-refractivity contribution in [1.29, 1.82) is 0 Å². The van der Waals surface area contributed by atoms with Crippen molar-refractivity contribution >= 4 is 17.7 Å². The van der Waals surface area contributed by atoms with Crippen LogP contribution in [-0.2, 0) is 13.5 Å². The lowest BCUT2D eigenvalue weighted by atomic mass is 10.2. The molecule has 0 aliphatic heterocycles. The molecular weight excluding hydrogens is 188 g/mol. The van der Waals surface area contributed by atoms with Gasteiger partial charge in [-0.1, -0.05) is 0 Å². The SMILES string of the molecule is CSCCc1c(C(=O)O)cnn1C. The maximum atomic E-state index is 10.7. The van der Waals surface area contributed by atoms with Crippen LogP contribution in [0, 0.1) is 0 Å². The molecule has 0 radical (unpaired) electrons. The zero-order chi connectivity index (χ0) is 9.84. The van der Waals surface area contributed by atoms with Gasteiger partial charge in [0.2, 0.25) is 0 Å². The first-order valence-electron chi connectivity index (χ1n) is 3.90. The van der Waals surface area contributed by atoms with E-state index in [0.29, 0.717) is 5.56 Å². The fraction of sp³-hybridized carbons (Fsp3) is 0.500. The van der Waals surface area contributed by atoms with Gasteiger partial charge in [-0.3, -0.25) is 4.68 Å². The highest BCUT2D eigenvalue weighted by molar-refractivity contribution is 7.98. The molecule has 0 amide bonds. The van der Waals surface area contributed by atoms with Gasteiger partial charge in [-0.05, 0) is 18.4 Å². The van der Waals surface area contributed by atoms with Gasteiger partial charge in [0.05, 0.1) is 11.9 Å². The Morgan fingerprint density at radius 2 is 2.46 bits per heavy atom. The summed E-state index contributed by atoms with van der Waals surface area (Å²) in [6, 6.07) is 0. The molecule has 0 fully saturated rings. The van der Waals surface area contributed by atoms with Gasteiger partial charge in [-0.25, -0.2) is 4.79 Å². The Hall–Kier alpha value is -0.970. The lowest BCUT2D eigenvalue weighted by Gasteiger charge is -2.01. The van der Waals surface area contributed by atoms with E-state index in [0.717, 1.165) is 17.9 Å². The van der Waals surface area contributed by atoms with Crippen LogP contribution in [0.1, 0.15) is 16.1 Å². The van der Waals surface area contributed by atoms with Crippen molar-refractivity contribution in [2.45, 2.75) is 6.42 Å². The predicted molar refractivity (Wildman–Crippen MR) is 52.3 cm³/mol. The maximum absolute atomic E-state index is 10.7. The first kappa shape index (κ1) is 10.1. The van der Waals surface area contributed by atoms with Gasteiger partial charge in [0.25, 0.3) is 0 Å². The molecule has 1 aromatic rings. The maximum Gasteiger partial charge on any atom is 0.339 e. The molecule has 0 unspecified atom stereocenters. The van der Waals surface area contributed by atoms with Crippen LogP contribution in [0.5, 0.6) is 0 Å². The number of hydrogen-bond acceptors (Lipinski definition) is 3. The van der Waals surface area contributed by atoms with Crippen LogP contribution in [0.2, 0.25) is 0 Å². The molecule has 5 heteroatoms. The van der Waals surface area contributed by atoms with E-state index in [1.165, 1.54) is 6.20 Å². The van der Waals surface area contributed by atoms with E-state index in [9.17, 15) is 4.79 Å². The lowest BCUT2D eigenvalue weighted by molar-refractivity contribution is 0.0695. The summed E-state index contributed by atoms with van der Waals surface area (Å²) in [5, 5.41) is 12.7. The van der Waals surface area contributed by atoms with Crippen LogP contribution in [0.4, 0.5) is 0 Å². The quantitative estimate of drug-likeness (QED) is 0.788. The molecule has 0 aliphatic carbocycles. The number of aromatic carboxylic acids is 1. The fourth-order valence-corrected chi connectivity index (χ4v) is 1.53. The zero-order valence-corrected chi connectivity index (χ0v) is 8.47. The second-order valence-corrected chi connectivity index (χ2v) is 3.66. The number of nitrogens with zero attached hydrogens (tertiary/aromatic N) is 2. The molecule has 0 aromatic carbocycles. The Bertz CT molecular complexity index is 309. The van der Waals surface area contributed by atoms with E-state index >= 15 is 0 Å². The number of carboxylic acid groups (broad SMARTS) is 1. The molecule has 72 valence electrons. The Balaban J connectivity index is 2.88. The molecule has 0 atom stereocenters. The number of carboxylic acids is 1. The van der Waals surface area contributed by atoms with Crippen LogP contribution in [-0.4, -0.2) is 32.9 Å². The van der Waals surface area contributed by atoms with Gasteiger partial charge < -0.3 is 5.11 Å². The van der Waals surface area contributed by atoms with E-state index in [1.807, 2.05) is 6.26 Å². The van der Waals surface area contributed by atoms with E-state index in [1.54, 1.807) is 23.5 Å². The monoisotopic (exact) mass is 200 g/mol. The number of hydrogen-bond donors (Lipinski definition) is 1. The molecule has 1 N–H and O–H groups in total. The highest BCUT2D eigenvalue weighted by Gasteiger charge is 2.13. The Morgan fingerprint density at radius 1 is 1.77 bits per heavy atom. The van der Waals surface area contributed by atoms with E-state index < -0.39 is 5.97 Å². The summed E-state index contributed by atoms with van der Waals surface area (Å²) >= 11 is 1.69. The van der Waals surface area contributed by atoms with Crippen molar-refractivity contribution in [3.8, 4) is 0 Å². The second-order valence-electron chi connectivity index (χ2n) is 2.68. The third-order valence-corrected chi connectivity index (χ3v) is 2.45. The van der Waals surface area contributed by atoms with Gasteiger partial charge in [0.1, 0.15) is 5.56 Å². The number of carbonyl (C=O) groups is 1. The Labute approximate surface area is 80.9 Å². The first-order valence-corrected chi connectivity index (χ1v) is 5.29. The normalized spacial score (nSPS) is 10.3. The summed E-state index contributed by atoms with van der Waals surface area (Å²) in [5.74, 6) is 0.0176. The zero-order valence-electron chi connectivity index (χ0n) is 7.65. The molecule has 1 rings (SSSR count). The van der Waals surface area contributed by atoms with Crippen molar-refractivity contribution in [2.75, 3.05) is 12.0 Å². The summed E-state index contributed by atoms with van der Waals surface area (Å²) in [6.45, 7) is 0. The molecule has 0 bridgehead atoms. The van der Waals surface area contributed by atoms with E-state index in [4.69, 9.17) is 5.11 Å². The largest absolute Gasteiger partial charge is 0.478 e. The highest BCUT2D eigenvalue weighted by Crippen LogP contribution is 2.10. The lowest BCUT2D eigenvalue weighted by Crippen LogP contribution is -2.05. The van der Waals surface area contributed by atoms with Crippen molar-refractivity contribution in [2.24, 2.45) is 7.05 Å². The molecule has 0 saturated carbocycles. The second kappa shape index (κ2) is 4.32. The van der Waals surface area contributed by atoms with Gasteiger partial charge >= 0.3 is 5.97 Å². The van der Waals surface area contributed by atoms with Crippen LogP contribution < -0.4 is 0 Å². The summed E-state index contributed by atoms with van der Waals surface area (Å²) in [5.41, 5.74) is 1.11. The molecule has 0 spiro atoms. The average molecular weight is 200 g/mol. The highest BCUT2D eigenvalue weighted by atomic mass is 32.2. The number of rotatable bonds is 4. The molecule has 0 aliphatic rings. The van der Waals surface area contributed by atoms with Crippen LogP contribution >= 0.6 is 11.8 Å². The fourth-order valence-electron chi connectivity index (χ4n) is 1.14. The predicted octanol–water partition coefficient (Wildman–Crippen LogP) is 1.02. The molecule has 1 aromatic heterocycles. The molecule has 0 saturated heterocycles. The topological polar surface area (TPSA) is 55.1 Å². The van der Waals surface area contributed by atoms with Crippen LogP contribution in [0.25, 0.3) is 0 Å². The standard InChI is InChI=1S/C8H12N2O2S/c1-10-7(3-4-13-2)6(5-9-10)8(11)12/h5H,3-4H2,1-2H3,(H,11,12). The number of thioether (sulfide) groups is 1. The van der Waals surface area contributed by atoms with Gasteiger partial charge in [-0.15, -0.1) is 0 Å². The smallest absolute Gasteiger partial charge is 0.339 e. The number of aryl methyl sites for hydroxylation is 1. The summed E-state index contributed by atoms with van der Waals surface area (Å²) in [6.07, 6.45) is 4.15. The van der Waals surface area contributed by atoms with Crippen molar-refractivity contribution in [3.05, 3.63) is 17.5 Å². The summed E-state index contributed by atoms with van der Waals surface area (Å²) < 4.78 is 1.62. The third kappa shape index (κ3) is 2.24. The van der Waals surface area contributed by atoms with Crippen molar-refractivity contribution < 1.29 is 9.90 Å². The molecule has 1 heterocycles. The molecular formula is C8H12N2O2S. The van der Waals surface area contributed by atoms with Crippen LogP contribution in [0.3, 0.4) is 0 Å². The van der Waals surface area contributed by atoms with Gasteiger partial charge in [-0.2, -0.15) is 16.9 Å². The summed E-state index contributed by atoms with van der Waals surface area (Å²) in [7, 11) is 1.77. The minimum Gasteiger partial charge on any atom is -0.478 e. The number of aromatic nitrogens is 2. The Morgan fingerprint density at radius 3 is 3.00 bits per heavy atom. The third-order valence-electron chi connectivity index (χ3n) is 1.83.